The molecule has 1 aromatic carbocycles. The van der Waals surface area contributed by atoms with E-state index >= 15 is 0 Å². The van der Waals surface area contributed by atoms with E-state index in [9.17, 15) is 4.79 Å². The number of carboxylic acid groups (broad SMARTS) is 1. The fraction of sp³-hybridized carbons (Fsp3) is 0.214. The summed E-state index contributed by atoms with van der Waals surface area (Å²) in [5, 5.41) is 9.09. The van der Waals surface area contributed by atoms with Gasteiger partial charge in [-0.2, -0.15) is 4.98 Å². The van der Waals surface area contributed by atoms with E-state index in [4.69, 9.17) is 9.84 Å². The summed E-state index contributed by atoms with van der Waals surface area (Å²) in [5.41, 5.74) is 0.773. The van der Waals surface area contributed by atoms with E-state index < -0.39 is 5.97 Å². The Hall–Kier alpha value is -2.63. The highest BCUT2D eigenvalue weighted by atomic mass is 16.5. The Labute approximate surface area is 116 Å². The monoisotopic (exact) mass is 273 g/mol. The second-order valence-corrected chi connectivity index (χ2v) is 4.43. The first-order chi connectivity index (χ1) is 9.49. The van der Waals surface area contributed by atoms with Gasteiger partial charge in [-0.3, -0.25) is 0 Å². The molecular formula is C14H15N3O3. The molecule has 0 radical (unpaired) electrons. The summed E-state index contributed by atoms with van der Waals surface area (Å²) in [6, 6.07) is 6.51. The Morgan fingerprint density at radius 3 is 2.70 bits per heavy atom. The number of anilines is 1. The quantitative estimate of drug-likeness (QED) is 0.921. The zero-order valence-electron chi connectivity index (χ0n) is 11.5. The van der Waals surface area contributed by atoms with Crippen molar-refractivity contribution in [3.8, 4) is 11.6 Å². The smallest absolute Gasteiger partial charge is 0.336 e. The topological polar surface area (TPSA) is 75.5 Å². The van der Waals surface area contributed by atoms with Crippen molar-refractivity contribution in [3.05, 3.63) is 41.6 Å². The van der Waals surface area contributed by atoms with Crippen molar-refractivity contribution < 1.29 is 14.6 Å². The third-order valence-electron chi connectivity index (χ3n) is 2.75. The highest BCUT2D eigenvalue weighted by molar-refractivity contribution is 5.90. The number of carbonyl (C=O) groups is 1. The summed E-state index contributed by atoms with van der Waals surface area (Å²) in [7, 11) is 3.66. The van der Waals surface area contributed by atoms with Gasteiger partial charge >= 0.3 is 5.97 Å². The molecule has 2 rings (SSSR count). The van der Waals surface area contributed by atoms with Gasteiger partial charge in [0, 0.05) is 31.9 Å². The maximum atomic E-state index is 11.1. The minimum absolute atomic E-state index is 0.212. The van der Waals surface area contributed by atoms with Crippen LogP contribution in [0, 0.1) is 6.92 Å². The van der Waals surface area contributed by atoms with Gasteiger partial charge in [-0.25, -0.2) is 9.78 Å². The number of hydrogen-bond donors (Lipinski definition) is 1. The predicted octanol–water partition coefficient (Wildman–Crippen LogP) is 2.34. The fourth-order valence-corrected chi connectivity index (χ4v) is 1.67. The van der Waals surface area contributed by atoms with E-state index in [1.165, 1.54) is 6.07 Å². The Morgan fingerprint density at radius 2 is 2.05 bits per heavy atom. The number of carboxylic acids is 1. The van der Waals surface area contributed by atoms with E-state index in [-0.39, 0.29) is 5.56 Å². The SMILES string of the molecule is Cc1c(Oc2ccnc(N(C)C)n2)cccc1C(=O)O. The van der Waals surface area contributed by atoms with Gasteiger partial charge in [-0.15, -0.1) is 0 Å². The molecule has 0 saturated heterocycles. The number of hydrogen-bond acceptors (Lipinski definition) is 5. The van der Waals surface area contributed by atoms with Crippen LogP contribution in [0.25, 0.3) is 0 Å². The molecule has 6 nitrogen and oxygen atoms in total. The maximum Gasteiger partial charge on any atom is 0.336 e. The van der Waals surface area contributed by atoms with Crippen molar-refractivity contribution >= 4 is 11.9 Å². The average molecular weight is 273 g/mol. The molecule has 20 heavy (non-hydrogen) atoms. The minimum Gasteiger partial charge on any atom is -0.478 e. The lowest BCUT2D eigenvalue weighted by Crippen LogP contribution is -2.12. The molecule has 6 heteroatoms. The van der Waals surface area contributed by atoms with Crippen molar-refractivity contribution in [2.75, 3.05) is 19.0 Å². The zero-order valence-corrected chi connectivity index (χ0v) is 11.5. The van der Waals surface area contributed by atoms with Crippen LogP contribution in [0.4, 0.5) is 5.95 Å². The largest absolute Gasteiger partial charge is 0.478 e. The van der Waals surface area contributed by atoms with Gasteiger partial charge in [-0.1, -0.05) is 6.07 Å². The lowest BCUT2D eigenvalue weighted by molar-refractivity contribution is 0.0695. The van der Waals surface area contributed by atoms with Crippen LogP contribution in [0.1, 0.15) is 15.9 Å². The number of aromatic nitrogens is 2. The molecule has 0 saturated carbocycles. The minimum atomic E-state index is -0.982. The second-order valence-electron chi connectivity index (χ2n) is 4.43. The third kappa shape index (κ3) is 2.85. The number of rotatable bonds is 4. The van der Waals surface area contributed by atoms with Crippen LogP contribution in [0.5, 0.6) is 11.6 Å². The molecule has 0 unspecified atom stereocenters. The van der Waals surface area contributed by atoms with Gasteiger partial charge in [0.25, 0.3) is 0 Å². The van der Waals surface area contributed by atoms with Gasteiger partial charge in [-0.05, 0) is 19.1 Å². The molecule has 0 aliphatic heterocycles. The maximum absolute atomic E-state index is 11.1. The molecule has 2 aromatic rings. The summed E-state index contributed by atoms with van der Waals surface area (Å²) in [6.07, 6.45) is 1.59. The Kier molecular flexibility index (Phi) is 3.84. The van der Waals surface area contributed by atoms with E-state index in [1.54, 1.807) is 36.2 Å². The second kappa shape index (κ2) is 5.56. The lowest BCUT2D eigenvalue weighted by Gasteiger charge is -2.12. The Balaban J connectivity index is 2.33. The summed E-state index contributed by atoms with van der Waals surface area (Å²) < 4.78 is 5.65. The van der Waals surface area contributed by atoms with Crippen LogP contribution in [0.3, 0.4) is 0 Å². The van der Waals surface area contributed by atoms with Crippen LogP contribution in [-0.4, -0.2) is 35.1 Å². The highest BCUT2D eigenvalue weighted by Crippen LogP contribution is 2.26. The van der Waals surface area contributed by atoms with E-state index in [1.807, 2.05) is 14.1 Å². The zero-order chi connectivity index (χ0) is 14.7. The van der Waals surface area contributed by atoms with Gasteiger partial charge in [0.15, 0.2) is 0 Å². The van der Waals surface area contributed by atoms with Crippen molar-refractivity contribution in [1.29, 1.82) is 0 Å². The van der Waals surface area contributed by atoms with E-state index in [0.717, 1.165) is 0 Å². The first-order valence-electron chi connectivity index (χ1n) is 6.00. The number of aromatic carboxylic acids is 1. The number of nitrogens with zero attached hydrogens (tertiary/aromatic N) is 3. The molecule has 1 heterocycles. The predicted molar refractivity (Wildman–Crippen MR) is 74.6 cm³/mol. The Morgan fingerprint density at radius 1 is 1.30 bits per heavy atom. The van der Waals surface area contributed by atoms with Crippen molar-refractivity contribution in [2.24, 2.45) is 0 Å². The van der Waals surface area contributed by atoms with Crippen molar-refractivity contribution in [1.82, 2.24) is 9.97 Å². The summed E-state index contributed by atoms with van der Waals surface area (Å²) >= 11 is 0. The van der Waals surface area contributed by atoms with Gasteiger partial charge in [0.1, 0.15) is 5.75 Å². The van der Waals surface area contributed by atoms with Crippen LogP contribution in [0.2, 0.25) is 0 Å². The van der Waals surface area contributed by atoms with Gasteiger partial charge in [0.2, 0.25) is 11.8 Å². The van der Waals surface area contributed by atoms with Gasteiger partial charge < -0.3 is 14.7 Å². The number of benzene rings is 1. The third-order valence-corrected chi connectivity index (χ3v) is 2.75. The molecular weight excluding hydrogens is 258 g/mol. The molecule has 0 spiro atoms. The van der Waals surface area contributed by atoms with Crippen LogP contribution < -0.4 is 9.64 Å². The first-order valence-corrected chi connectivity index (χ1v) is 6.00. The standard InChI is InChI=1S/C14H15N3O3/c1-9-10(13(18)19)5-4-6-11(9)20-12-7-8-15-14(16-12)17(2)3/h4-8H,1-3H3,(H,18,19). The average Bonchev–Trinajstić information content (AvgIpc) is 2.41. The van der Waals surface area contributed by atoms with E-state index in [0.29, 0.717) is 23.1 Å². The normalized spacial score (nSPS) is 10.2. The van der Waals surface area contributed by atoms with Crippen LogP contribution >= 0.6 is 0 Å². The van der Waals surface area contributed by atoms with Crippen molar-refractivity contribution in [3.63, 3.8) is 0 Å². The Bertz CT molecular complexity index is 641. The molecule has 0 fully saturated rings. The molecule has 0 aliphatic rings. The molecule has 1 N–H and O–H groups in total. The molecule has 0 atom stereocenters. The molecule has 0 amide bonds. The summed E-state index contributed by atoms with van der Waals surface area (Å²) in [6.45, 7) is 1.70. The summed E-state index contributed by atoms with van der Waals surface area (Å²) in [5.74, 6) is 0.377. The molecule has 0 bridgehead atoms. The molecule has 1 aromatic heterocycles. The molecule has 104 valence electrons. The van der Waals surface area contributed by atoms with E-state index in [2.05, 4.69) is 9.97 Å². The first kappa shape index (κ1) is 13.8. The number of ether oxygens (including phenoxy) is 1. The highest BCUT2D eigenvalue weighted by Gasteiger charge is 2.12. The lowest BCUT2D eigenvalue weighted by atomic mass is 10.1. The van der Waals surface area contributed by atoms with Crippen molar-refractivity contribution in [2.45, 2.75) is 6.92 Å². The van der Waals surface area contributed by atoms with Crippen LogP contribution in [-0.2, 0) is 0 Å². The van der Waals surface area contributed by atoms with Crippen LogP contribution in [0.15, 0.2) is 30.5 Å². The molecule has 0 aliphatic carbocycles. The summed E-state index contributed by atoms with van der Waals surface area (Å²) in [4.78, 5) is 21.2. The van der Waals surface area contributed by atoms with Gasteiger partial charge in [0.05, 0.1) is 5.56 Å². The fourth-order valence-electron chi connectivity index (χ4n) is 1.67.